The molecule has 20 nitrogen and oxygen atoms in total. The molecule has 1 aliphatic heterocycles. The highest BCUT2D eigenvalue weighted by atomic mass is 16.5. The summed E-state index contributed by atoms with van der Waals surface area (Å²) < 4.78 is 6.10. The number of likely N-dealkylation sites (N-methyl/N-ethyl adjacent to an activating group) is 2. The van der Waals surface area contributed by atoms with Crippen molar-refractivity contribution in [2.24, 2.45) is 11.7 Å². The van der Waals surface area contributed by atoms with Gasteiger partial charge in [0.15, 0.2) is 0 Å². The lowest BCUT2D eigenvalue weighted by molar-refractivity contribution is -0.137. The molecule has 0 spiro atoms. The molecule has 444 valence electrons. The molecule has 0 radical (unpaired) electrons. The lowest BCUT2D eigenvalue weighted by atomic mass is 9.84. The third kappa shape index (κ3) is 22.0. The quantitative estimate of drug-likeness (QED) is 0.0372. The molecule has 1 saturated heterocycles. The second-order valence-corrected chi connectivity index (χ2v) is 21.3. The van der Waals surface area contributed by atoms with Crippen LogP contribution in [-0.2, 0) is 52.8 Å². The van der Waals surface area contributed by atoms with Crippen LogP contribution in [0.25, 0.3) is 0 Å². The van der Waals surface area contributed by atoms with Gasteiger partial charge in [-0.05, 0) is 107 Å². The summed E-state index contributed by atoms with van der Waals surface area (Å²) in [7, 11) is 3.45. The fraction of sp³-hybridized carbons (Fsp3) is 0.633. The third-order valence-corrected chi connectivity index (χ3v) is 15.3. The first-order valence-corrected chi connectivity index (χ1v) is 29.3. The van der Waals surface area contributed by atoms with Crippen molar-refractivity contribution in [1.29, 1.82) is 0 Å². The number of ether oxygens (including phenoxy) is 1. The van der Waals surface area contributed by atoms with E-state index in [9.17, 15) is 38.4 Å². The lowest BCUT2D eigenvalue weighted by Gasteiger charge is -2.28. The summed E-state index contributed by atoms with van der Waals surface area (Å²) in [4.78, 5) is 96.6. The van der Waals surface area contributed by atoms with Crippen LogP contribution in [0.5, 0.6) is 0 Å². The van der Waals surface area contributed by atoms with Gasteiger partial charge in [-0.25, -0.2) is 0 Å². The van der Waals surface area contributed by atoms with E-state index in [-0.39, 0.29) is 86.5 Å². The van der Waals surface area contributed by atoms with E-state index in [1.54, 1.807) is 32.1 Å². The first-order chi connectivity index (χ1) is 38.7. The number of nitrogens with one attached hydrogen (secondary N) is 7. The van der Waals surface area contributed by atoms with Crippen molar-refractivity contribution in [3.63, 3.8) is 0 Å². The number of hydrogen-bond donors (Lipinski definition) is 9. The molecule has 8 rings (SSSR count). The molecule has 2 saturated carbocycles. The van der Waals surface area contributed by atoms with Crippen LogP contribution in [0.15, 0.2) is 58.1 Å². The van der Waals surface area contributed by atoms with E-state index in [4.69, 9.17) is 15.6 Å². The molecule has 0 aromatic heterocycles. The SMILES string of the molecule is C1CCCCC1.CCCN(CC(=O)NC1c2ccccc2CC1OCCNc1c(NCCO)c(=O)c1=O)C(=O)CNC(=O)C(C)NC.CNCC(=O)NC(C)C1CCCCC1.NC(=O)C1CCCN1C=O.c1ccc2c(c1)CCC2. The summed E-state index contributed by atoms with van der Waals surface area (Å²) in [5.74, 6) is -0.588. The van der Waals surface area contributed by atoms with Crippen molar-refractivity contribution >= 4 is 47.3 Å². The second-order valence-electron chi connectivity index (χ2n) is 21.3. The number of aryl methyl sites for hydroxylation is 2. The maximum atomic E-state index is 13.1. The van der Waals surface area contributed by atoms with E-state index in [1.165, 1.54) is 99.7 Å². The average Bonchev–Trinajstić information content (AvgIpc) is 4.27. The summed E-state index contributed by atoms with van der Waals surface area (Å²) in [5, 5.41) is 28.9. The third-order valence-electron chi connectivity index (χ3n) is 15.3. The molecule has 0 bridgehead atoms. The molecule has 5 unspecified atom stereocenters. The van der Waals surface area contributed by atoms with Crippen LogP contribution in [0.2, 0.25) is 0 Å². The highest BCUT2D eigenvalue weighted by molar-refractivity contribution is 5.90. The number of aliphatic hydroxyl groups is 1. The number of amides is 6. The van der Waals surface area contributed by atoms with Gasteiger partial charge in [0.2, 0.25) is 35.9 Å². The highest BCUT2D eigenvalue weighted by Gasteiger charge is 2.35. The predicted octanol–water partition coefficient (Wildman–Crippen LogP) is 3.76. The second kappa shape index (κ2) is 36.9. The summed E-state index contributed by atoms with van der Waals surface area (Å²) in [6.07, 6.45) is 22.7. The van der Waals surface area contributed by atoms with Gasteiger partial charge < -0.3 is 62.6 Å². The molecule has 4 aliphatic carbocycles. The highest BCUT2D eigenvalue weighted by Crippen LogP contribution is 2.33. The number of carbonyl (C=O) groups excluding carboxylic acids is 6. The minimum atomic E-state index is -0.624. The van der Waals surface area contributed by atoms with Crippen LogP contribution in [-0.4, -0.2) is 148 Å². The molecule has 5 atom stereocenters. The standard InChI is InChI=1S/C28H40N6O7.C11H22N2O.C9H10.C6H10N2O2.C6H12/c1-4-11-34(22(37)15-32-28(40)17(2)29-3)16-21(36)33-23-19-8-6-5-7-18(19)14-20(23)41-13-10-31-25-24(30-9-12-35)26(38)27(25)39;1-9(13-11(14)8-12-2)10-6-4-3-5-7-10;1-2-5-9-7-3-6-8(9)4-1;7-6(10)5-2-1-3-8(5)4-9;1-2-4-6-5-3-1/h5-8,17,20,23,29-31,35H,4,9-16H2,1-3H3,(H,32,40)(H,33,36);9-10,12H,3-8H2,1-2H3,(H,13,14);1-2,4-5H,3,6-7H2;4-5H,1-3H2,(H2,7,10);1-6H2. The van der Waals surface area contributed by atoms with Crippen LogP contribution < -0.4 is 53.8 Å². The number of benzene rings is 2. The van der Waals surface area contributed by atoms with E-state index in [0.29, 0.717) is 57.3 Å². The molecule has 20 heteroatoms. The topological polar surface area (TPSA) is 283 Å². The first kappa shape index (κ1) is 66.3. The fourth-order valence-electron chi connectivity index (χ4n) is 10.7. The number of nitrogens with two attached hydrogens (primary N) is 1. The monoisotopic (exact) mass is 1110 g/mol. The van der Waals surface area contributed by atoms with E-state index in [1.807, 2.05) is 31.2 Å². The zero-order valence-electron chi connectivity index (χ0n) is 48.3. The molecule has 6 amide bonds. The normalized spacial score (nSPS) is 18.7. The molecule has 3 aromatic rings. The number of aliphatic hydroxyl groups excluding tert-OH is 1. The Kier molecular flexibility index (Phi) is 30.6. The molecule has 3 fully saturated rings. The smallest absolute Gasteiger partial charge is 0.253 e. The molecule has 80 heavy (non-hydrogen) atoms. The summed E-state index contributed by atoms with van der Waals surface area (Å²) in [5.41, 5.74) is 9.21. The van der Waals surface area contributed by atoms with Crippen molar-refractivity contribution in [1.82, 2.24) is 36.4 Å². The van der Waals surface area contributed by atoms with E-state index < -0.39 is 28.8 Å². The largest absolute Gasteiger partial charge is 0.395 e. The van der Waals surface area contributed by atoms with Crippen LogP contribution in [0.1, 0.15) is 145 Å². The zero-order valence-corrected chi connectivity index (χ0v) is 48.3. The Bertz CT molecular complexity index is 2400. The maximum absolute atomic E-state index is 13.1. The Labute approximate surface area is 473 Å². The Morgan fingerprint density at radius 2 is 1.36 bits per heavy atom. The predicted molar refractivity (Wildman–Crippen MR) is 314 cm³/mol. The van der Waals surface area contributed by atoms with Gasteiger partial charge in [0.1, 0.15) is 17.4 Å². The number of anilines is 2. The Hall–Kier alpha value is -6.22. The number of nitrogens with zero attached hydrogens (tertiary/aromatic N) is 2. The van der Waals surface area contributed by atoms with Gasteiger partial charge in [0.25, 0.3) is 10.9 Å². The summed E-state index contributed by atoms with van der Waals surface area (Å²) >= 11 is 0. The molecule has 3 aromatic carbocycles. The number of fused-ring (bicyclic) bond motifs is 2. The maximum Gasteiger partial charge on any atom is 0.253 e. The molecular weight excluding hydrogens is 1020 g/mol. The first-order valence-electron chi connectivity index (χ1n) is 29.3. The minimum absolute atomic E-state index is 0.116. The fourth-order valence-corrected chi connectivity index (χ4v) is 10.7. The van der Waals surface area contributed by atoms with Gasteiger partial charge >= 0.3 is 0 Å². The number of primary amides is 1. The van der Waals surface area contributed by atoms with Gasteiger partial charge in [-0.3, -0.25) is 38.4 Å². The van der Waals surface area contributed by atoms with Gasteiger partial charge in [0.05, 0.1) is 51.0 Å². The summed E-state index contributed by atoms with van der Waals surface area (Å²) in [6.45, 7) is 7.24. The Balaban J connectivity index is 0.000000279. The molecule has 1 heterocycles. The van der Waals surface area contributed by atoms with Crippen LogP contribution in [0.3, 0.4) is 0 Å². The zero-order chi connectivity index (χ0) is 58.2. The van der Waals surface area contributed by atoms with Crippen LogP contribution in [0.4, 0.5) is 11.4 Å². The Morgan fingerprint density at radius 1 is 0.775 bits per heavy atom. The number of hydrogen-bond acceptors (Lipinski definition) is 14. The number of likely N-dealkylation sites (tertiary alicyclic amines) is 1. The van der Waals surface area contributed by atoms with Gasteiger partial charge in [-0.15, -0.1) is 0 Å². The van der Waals surface area contributed by atoms with E-state index >= 15 is 0 Å². The van der Waals surface area contributed by atoms with Crippen molar-refractivity contribution in [2.75, 3.05) is 83.8 Å². The van der Waals surface area contributed by atoms with E-state index in [2.05, 4.69) is 68.4 Å². The number of carbonyl (C=O) groups is 6. The van der Waals surface area contributed by atoms with Gasteiger partial charge in [-0.1, -0.05) is 113 Å². The molecular formula is C60H94N10O10. The molecule has 10 N–H and O–H groups in total. The minimum Gasteiger partial charge on any atom is -0.395 e. The van der Waals surface area contributed by atoms with Crippen molar-refractivity contribution < 1.29 is 38.6 Å². The number of rotatable bonds is 23. The Morgan fingerprint density at radius 3 is 1.91 bits per heavy atom. The van der Waals surface area contributed by atoms with Crippen LogP contribution >= 0.6 is 0 Å². The van der Waals surface area contributed by atoms with Gasteiger partial charge in [0, 0.05) is 38.6 Å². The van der Waals surface area contributed by atoms with Crippen molar-refractivity contribution in [3.05, 3.63) is 91.2 Å². The summed E-state index contributed by atoms with van der Waals surface area (Å²) in [6, 6.07) is 15.5. The average molecular weight is 1120 g/mol. The lowest BCUT2D eigenvalue weighted by Crippen LogP contribution is -2.49. The molecule has 5 aliphatic rings. The van der Waals surface area contributed by atoms with Crippen molar-refractivity contribution in [3.8, 4) is 0 Å². The van der Waals surface area contributed by atoms with Crippen LogP contribution in [0, 0.1) is 5.92 Å². The van der Waals surface area contributed by atoms with Crippen molar-refractivity contribution in [2.45, 2.75) is 167 Å². The van der Waals surface area contributed by atoms with Gasteiger partial charge in [-0.2, -0.15) is 0 Å². The van der Waals surface area contributed by atoms with E-state index in [0.717, 1.165) is 17.5 Å².